The van der Waals surface area contributed by atoms with Gasteiger partial charge in [-0.3, -0.25) is 13.7 Å². The molecular weight excluding hydrogens is 463 g/mol. The van der Waals surface area contributed by atoms with Gasteiger partial charge >= 0.3 is 5.97 Å². The van der Waals surface area contributed by atoms with Crippen LogP contribution in [0.1, 0.15) is 28.0 Å². The van der Waals surface area contributed by atoms with Crippen molar-refractivity contribution in [3.05, 3.63) is 64.3 Å². The van der Waals surface area contributed by atoms with Crippen LogP contribution in [0, 0.1) is 0 Å². The molecule has 1 aromatic heterocycles. The molecule has 0 unspecified atom stereocenters. The van der Waals surface area contributed by atoms with Gasteiger partial charge in [0.2, 0.25) is 15.9 Å². The Labute approximate surface area is 190 Å². The molecule has 0 saturated heterocycles. The van der Waals surface area contributed by atoms with E-state index in [0.29, 0.717) is 27.2 Å². The van der Waals surface area contributed by atoms with Crippen LogP contribution >= 0.6 is 23.2 Å². The van der Waals surface area contributed by atoms with Crippen LogP contribution in [0.4, 0.5) is 5.69 Å². The summed E-state index contributed by atoms with van der Waals surface area (Å²) in [6.45, 7) is 0.0750. The normalized spacial score (nSPS) is 11.5. The first-order valence-electron chi connectivity index (χ1n) is 9.28. The van der Waals surface area contributed by atoms with E-state index in [4.69, 9.17) is 27.9 Å². The van der Waals surface area contributed by atoms with E-state index in [-0.39, 0.29) is 30.3 Å². The Morgan fingerprint density at radius 1 is 1.10 bits per heavy atom. The second-order valence-corrected chi connectivity index (χ2v) is 9.57. The van der Waals surface area contributed by atoms with Crippen molar-refractivity contribution in [1.82, 2.24) is 4.57 Å². The second-order valence-electron chi connectivity index (χ2n) is 6.85. The highest BCUT2D eigenvalue weighted by molar-refractivity contribution is 7.92. The number of hydrogen-bond donors (Lipinski definition) is 0. The van der Waals surface area contributed by atoms with Crippen LogP contribution in [0.25, 0.3) is 10.9 Å². The summed E-state index contributed by atoms with van der Waals surface area (Å²) in [5, 5.41) is 1.16. The fourth-order valence-corrected chi connectivity index (χ4v) is 4.53. The number of benzene rings is 2. The predicted molar refractivity (Wildman–Crippen MR) is 122 cm³/mol. The van der Waals surface area contributed by atoms with Crippen LogP contribution in [0.15, 0.2) is 48.7 Å². The Kier molecular flexibility index (Phi) is 6.93. The molecule has 2 aromatic carbocycles. The zero-order valence-corrected chi connectivity index (χ0v) is 19.2. The van der Waals surface area contributed by atoms with E-state index in [2.05, 4.69) is 0 Å². The molecule has 0 saturated carbocycles. The van der Waals surface area contributed by atoms with Crippen molar-refractivity contribution in [2.24, 2.45) is 0 Å². The Balaban J connectivity index is 1.80. The van der Waals surface area contributed by atoms with Crippen LogP contribution in [0.2, 0.25) is 10.0 Å². The van der Waals surface area contributed by atoms with Gasteiger partial charge in [-0.15, -0.1) is 0 Å². The number of rotatable bonds is 7. The van der Waals surface area contributed by atoms with E-state index in [1.54, 1.807) is 30.3 Å². The summed E-state index contributed by atoms with van der Waals surface area (Å²) < 4.78 is 31.9. The Bertz CT molecular complexity index is 1250. The molecule has 0 atom stereocenters. The van der Waals surface area contributed by atoms with E-state index in [1.807, 2.05) is 0 Å². The molecule has 3 rings (SSSR count). The van der Waals surface area contributed by atoms with Crippen LogP contribution < -0.4 is 4.31 Å². The molecular formula is C21H20Cl2N2O5S. The van der Waals surface area contributed by atoms with E-state index in [0.717, 1.165) is 6.26 Å². The van der Waals surface area contributed by atoms with Gasteiger partial charge < -0.3 is 4.74 Å². The number of nitrogens with zero attached hydrogens (tertiary/aromatic N) is 2. The zero-order chi connectivity index (χ0) is 22.8. The fraction of sp³-hybridized carbons (Fsp3) is 0.238. The Hall–Kier alpha value is -2.55. The number of aromatic nitrogens is 1. The standard InChI is InChI=1S/C21H20Cl2N2O5S/c1-30-21(27)16-13-24(19-7-4-3-6-15(16)19)20(26)8-5-11-25(31(2,28)29)14-9-10-17(22)18(23)12-14/h3-4,6-7,9-10,12-13H,5,8,11H2,1-2H3. The van der Waals surface area contributed by atoms with Crippen molar-refractivity contribution in [1.29, 1.82) is 0 Å². The third-order valence-corrected chi connectivity index (χ3v) is 6.66. The summed E-state index contributed by atoms with van der Waals surface area (Å²) in [7, 11) is -2.33. The lowest BCUT2D eigenvalue weighted by molar-refractivity contribution is 0.0603. The first-order valence-corrected chi connectivity index (χ1v) is 11.9. The number of sulfonamides is 1. The van der Waals surface area contributed by atoms with Crippen molar-refractivity contribution in [2.75, 3.05) is 24.2 Å². The molecule has 0 aliphatic rings. The van der Waals surface area contributed by atoms with Gasteiger partial charge in [-0.1, -0.05) is 41.4 Å². The van der Waals surface area contributed by atoms with Gasteiger partial charge in [0.25, 0.3) is 0 Å². The first kappa shape index (κ1) is 23.1. The molecule has 1 heterocycles. The van der Waals surface area contributed by atoms with Gasteiger partial charge in [0.05, 0.1) is 40.2 Å². The Morgan fingerprint density at radius 3 is 2.45 bits per heavy atom. The average molecular weight is 483 g/mol. The molecule has 0 bridgehead atoms. The van der Waals surface area contributed by atoms with E-state index < -0.39 is 16.0 Å². The Morgan fingerprint density at radius 2 is 1.81 bits per heavy atom. The third-order valence-electron chi connectivity index (χ3n) is 4.73. The first-order chi connectivity index (χ1) is 14.6. The third kappa shape index (κ3) is 5.03. The summed E-state index contributed by atoms with van der Waals surface area (Å²) in [5.41, 5.74) is 1.24. The largest absolute Gasteiger partial charge is 0.465 e. The highest BCUT2D eigenvalue weighted by Gasteiger charge is 2.21. The molecule has 0 fully saturated rings. The van der Waals surface area contributed by atoms with Crippen molar-refractivity contribution in [3.63, 3.8) is 0 Å². The molecule has 164 valence electrons. The predicted octanol–water partition coefficient (Wildman–Crippen LogP) is 4.62. The van der Waals surface area contributed by atoms with Gasteiger partial charge in [-0.25, -0.2) is 13.2 Å². The average Bonchev–Trinajstić information content (AvgIpc) is 3.11. The van der Waals surface area contributed by atoms with Crippen LogP contribution in [0.3, 0.4) is 0 Å². The minimum atomic E-state index is -3.60. The van der Waals surface area contributed by atoms with Crippen LogP contribution in [-0.4, -0.2) is 44.8 Å². The molecule has 0 radical (unpaired) electrons. The van der Waals surface area contributed by atoms with E-state index in [9.17, 15) is 18.0 Å². The van der Waals surface area contributed by atoms with Crippen LogP contribution in [-0.2, 0) is 14.8 Å². The van der Waals surface area contributed by atoms with Gasteiger partial charge in [0.15, 0.2) is 0 Å². The topological polar surface area (TPSA) is 85.7 Å². The number of ether oxygens (including phenoxy) is 1. The number of para-hydroxylation sites is 1. The van der Waals surface area contributed by atoms with Crippen molar-refractivity contribution in [3.8, 4) is 0 Å². The summed E-state index contributed by atoms with van der Waals surface area (Å²) >= 11 is 11.9. The molecule has 0 amide bonds. The summed E-state index contributed by atoms with van der Waals surface area (Å²) in [5.74, 6) is -0.806. The lowest BCUT2D eigenvalue weighted by Crippen LogP contribution is -2.31. The van der Waals surface area contributed by atoms with Crippen LogP contribution in [0.5, 0.6) is 0 Å². The fourth-order valence-electron chi connectivity index (χ4n) is 3.28. The number of anilines is 1. The van der Waals surface area contributed by atoms with Gasteiger partial charge in [-0.05, 0) is 30.7 Å². The van der Waals surface area contributed by atoms with Gasteiger partial charge in [0.1, 0.15) is 0 Å². The minimum Gasteiger partial charge on any atom is -0.465 e. The molecule has 7 nitrogen and oxygen atoms in total. The number of carbonyl (C=O) groups is 2. The molecule has 10 heteroatoms. The van der Waals surface area contributed by atoms with Gasteiger partial charge in [0, 0.05) is 24.5 Å². The molecule has 0 aliphatic carbocycles. The molecule has 0 aliphatic heterocycles. The number of halogens is 2. The van der Waals surface area contributed by atoms with Crippen molar-refractivity contribution >= 4 is 61.7 Å². The maximum Gasteiger partial charge on any atom is 0.340 e. The van der Waals surface area contributed by atoms with E-state index >= 15 is 0 Å². The monoisotopic (exact) mass is 482 g/mol. The maximum absolute atomic E-state index is 12.9. The zero-order valence-electron chi connectivity index (χ0n) is 16.8. The lowest BCUT2D eigenvalue weighted by Gasteiger charge is -2.22. The van der Waals surface area contributed by atoms with Gasteiger partial charge in [-0.2, -0.15) is 0 Å². The number of methoxy groups -OCH3 is 1. The number of carbonyl (C=O) groups excluding carboxylic acids is 2. The molecule has 0 N–H and O–H groups in total. The SMILES string of the molecule is COC(=O)c1cn(C(=O)CCCN(c2ccc(Cl)c(Cl)c2)S(C)(=O)=O)c2ccccc12. The quantitative estimate of drug-likeness (QED) is 0.458. The number of fused-ring (bicyclic) bond motifs is 1. The highest BCUT2D eigenvalue weighted by atomic mass is 35.5. The minimum absolute atomic E-state index is 0.0621. The summed E-state index contributed by atoms with van der Waals surface area (Å²) in [6, 6.07) is 11.5. The van der Waals surface area contributed by atoms with E-state index in [1.165, 1.54) is 34.3 Å². The summed E-state index contributed by atoms with van der Waals surface area (Å²) in [6.07, 6.45) is 2.85. The summed E-state index contributed by atoms with van der Waals surface area (Å²) in [4.78, 5) is 24.9. The number of esters is 1. The lowest BCUT2D eigenvalue weighted by atomic mass is 10.2. The highest BCUT2D eigenvalue weighted by Crippen LogP contribution is 2.29. The second kappa shape index (κ2) is 9.30. The van der Waals surface area contributed by atoms with Crippen molar-refractivity contribution in [2.45, 2.75) is 12.8 Å². The smallest absolute Gasteiger partial charge is 0.340 e. The maximum atomic E-state index is 12.9. The molecule has 0 spiro atoms. The number of hydrogen-bond acceptors (Lipinski definition) is 5. The molecule has 31 heavy (non-hydrogen) atoms. The molecule has 3 aromatic rings. The van der Waals surface area contributed by atoms with Crippen molar-refractivity contribution < 1.29 is 22.7 Å².